The van der Waals surface area contributed by atoms with Crippen LogP contribution in [0.15, 0.2) is 53.4 Å². The van der Waals surface area contributed by atoms with E-state index in [-0.39, 0.29) is 10.9 Å². The number of hydrogen-bond donors (Lipinski definition) is 2. The van der Waals surface area contributed by atoms with Crippen molar-refractivity contribution in [1.29, 1.82) is 0 Å². The normalized spacial score (nSPS) is 13.7. The number of sulfonamides is 1. The van der Waals surface area contributed by atoms with Gasteiger partial charge in [-0.2, -0.15) is 0 Å². The molecule has 2 N–H and O–H groups in total. The molecule has 2 aromatic rings. The lowest BCUT2D eigenvalue weighted by Gasteiger charge is -2.30. The van der Waals surface area contributed by atoms with Crippen LogP contribution in [0.5, 0.6) is 0 Å². The van der Waals surface area contributed by atoms with Crippen molar-refractivity contribution in [2.45, 2.75) is 17.7 Å². The summed E-state index contributed by atoms with van der Waals surface area (Å²) >= 11 is 0. The van der Waals surface area contributed by atoms with E-state index in [0.29, 0.717) is 31.1 Å². The van der Waals surface area contributed by atoms with Gasteiger partial charge >= 0.3 is 6.03 Å². The first-order valence-electron chi connectivity index (χ1n) is 8.77. The fourth-order valence-electron chi connectivity index (χ4n) is 3.05. The van der Waals surface area contributed by atoms with Gasteiger partial charge in [-0.15, -0.1) is 0 Å². The number of amides is 2. The van der Waals surface area contributed by atoms with Crippen molar-refractivity contribution in [3.63, 3.8) is 0 Å². The van der Waals surface area contributed by atoms with Crippen LogP contribution in [0.3, 0.4) is 0 Å². The summed E-state index contributed by atoms with van der Waals surface area (Å²) in [6, 6.07) is 13.4. The minimum absolute atomic E-state index is 0.276. The largest absolute Gasteiger partial charge is 0.383 e. The molecule has 1 aliphatic heterocycles. The van der Waals surface area contributed by atoms with Crippen LogP contribution in [0.2, 0.25) is 0 Å². The zero-order chi connectivity index (χ0) is 19.3. The maximum atomic E-state index is 13.0. The molecule has 3 rings (SSSR count). The first-order valence-corrected chi connectivity index (χ1v) is 10.2. The van der Waals surface area contributed by atoms with Gasteiger partial charge in [0.25, 0.3) is 10.0 Å². The first kappa shape index (κ1) is 19.2. The highest BCUT2D eigenvalue weighted by Crippen LogP contribution is 2.33. The summed E-state index contributed by atoms with van der Waals surface area (Å²) in [5.74, 6) is 0. The molecule has 144 valence electrons. The second-order valence-corrected chi connectivity index (χ2v) is 8.07. The van der Waals surface area contributed by atoms with Crippen molar-refractivity contribution in [2.75, 3.05) is 36.4 Å². The Kier molecular flexibility index (Phi) is 5.98. The highest BCUT2D eigenvalue weighted by Gasteiger charge is 2.29. The summed E-state index contributed by atoms with van der Waals surface area (Å²) in [5, 5.41) is 5.45. The standard InChI is InChI=1S/C19H23N3O4S/c1-26-13-11-20-19(23)21-16-9-10-18-15(14-16)6-5-12-22(18)27(24,25)17-7-3-2-4-8-17/h2-4,7-10,14H,5-6,11-13H2,1H3,(H2,20,21,23). The fourth-order valence-corrected chi connectivity index (χ4v) is 4.61. The number of anilines is 2. The Morgan fingerprint density at radius 1 is 1.19 bits per heavy atom. The van der Waals surface area contributed by atoms with E-state index in [4.69, 9.17) is 4.74 Å². The van der Waals surface area contributed by atoms with Crippen molar-refractivity contribution in [3.05, 3.63) is 54.1 Å². The molecule has 0 spiro atoms. The van der Waals surface area contributed by atoms with E-state index < -0.39 is 10.0 Å². The predicted octanol–water partition coefficient (Wildman–Crippen LogP) is 2.60. The van der Waals surface area contributed by atoms with Gasteiger partial charge in [0.1, 0.15) is 0 Å². The Labute approximate surface area is 159 Å². The average Bonchev–Trinajstić information content (AvgIpc) is 2.68. The topological polar surface area (TPSA) is 87.7 Å². The van der Waals surface area contributed by atoms with Gasteiger partial charge in [0.2, 0.25) is 0 Å². The summed E-state index contributed by atoms with van der Waals surface area (Å²) in [4.78, 5) is 12.2. The van der Waals surface area contributed by atoms with E-state index in [9.17, 15) is 13.2 Å². The van der Waals surface area contributed by atoms with Crippen LogP contribution < -0.4 is 14.9 Å². The van der Waals surface area contributed by atoms with E-state index in [2.05, 4.69) is 10.6 Å². The Morgan fingerprint density at radius 2 is 1.96 bits per heavy atom. The average molecular weight is 389 g/mol. The Morgan fingerprint density at radius 3 is 2.70 bits per heavy atom. The smallest absolute Gasteiger partial charge is 0.319 e. The summed E-state index contributed by atoms with van der Waals surface area (Å²) in [5.41, 5.74) is 2.19. The van der Waals surface area contributed by atoms with Gasteiger partial charge in [0, 0.05) is 25.9 Å². The van der Waals surface area contributed by atoms with E-state index in [1.165, 1.54) is 4.31 Å². The molecule has 0 bridgehead atoms. The van der Waals surface area contributed by atoms with Crippen LogP contribution in [0.25, 0.3) is 0 Å². The summed E-state index contributed by atoms with van der Waals surface area (Å²) in [6.45, 7) is 1.29. The molecule has 27 heavy (non-hydrogen) atoms. The number of urea groups is 1. The monoisotopic (exact) mass is 389 g/mol. The van der Waals surface area contributed by atoms with Crippen LogP contribution >= 0.6 is 0 Å². The third-order valence-electron chi connectivity index (χ3n) is 4.34. The maximum Gasteiger partial charge on any atom is 0.319 e. The number of nitrogens with zero attached hydrogens (tertiary/aromatic N) is 1. The Hall–Kier alpha value is -2.58. The van der Waals surface area contributed by atoms with Crippen molar-refractivity contribution in [2.24, 2.45) is 0 Å². The fraction of sp³-hybridized carbons (Fsp3) is 0.316. The third-order valence-corrected chi connectivity index (χ3v) is 6.16. The van der Waals surface area contributed by atoms with Gasteiger partial charge in [0.15, 0.2) is 0 Å². The molecule has 8 heteroatoms. The Bertz CT molecular complexity index is 900. The van der Waals surface area contributed by atoms with E-state index in [1.807, 2.05) is 6.07 Å². The van der Waals surface area contributed by atoms with E-state index >= 15 is 0 Å². The van der Waals surface area contributed by atoms with Crippen LogP contribution in [0.1, 0.15) is 12.0 Å². The predicted molar refractivity (Wildman–Crippen MR) is 105 cm³/mol. The van der Waals surface area contributed by atoms with E-state index in [0.717, 1.165) is 18.4 Å². The quantitative estimate of drug-likeness (QED) is 0.744. The highest BCUT2D eigenvalue weighted by atomic mass is 32.2. The molecule has 2 amide bonds. The van der Waals surface area contributed by atoms with Crippen LogP contribution in [0.4, 0.5) is 16.2 Å². The number of ether oxygens (including phenoxy) is 1. The molecule has 1 heterocycles. The highest BCUT2D eigenvalue weighted by molar-refractivity contribution is 7.92. The van der Waals surface area contributed by atoms with Crippen LogP contribution in [-0.4, -0.2) is 41.3 Å². The number of methoxy groups -OCH3 is 1. The number of carbonyl (C=O) groups excluding carboxylic acids is 1. The summed E-state index contributed by atoms with van der Waals surface area (Å²) in [7, 11) is -2.04. The summed E-state index contributed by atoms with van der Waals surface area (Å²) in [6.07, 6.45) is 1.49. The zero-order valence-corrected chi connectivity index (χ0v) is 16.0. The second-order valence-electron chi connectivity index (χ2n) is 6.21. The number of fused-ring (bicyclic) bond motifs is 1. The number of hydrogen-bond acceptors (Lipinski definition) is 4. The molecule has 0 radical (unpaired) electrons. The zero-order valence-electron chi connectivity index (χ0n) is 15.1. The van der Waals surface area contributed by atoms with Crippen LogP contribution in [0, 0.1) is 0 Å². The van der Waals surface area contributed by atoms with Gasteiger partial charge in [0.05, 0.1) is 17.2 Å². The molecule has 1 aliphatic rings. The lowest BCUT2D eigenvalue weighted by atomic mass is 10.0. The molecule has 0 fully saturated rings. The number of nitrogens with one attached hydrogen (secondary N) is 2. The van der Waals surface area contributed by atoms with Crippen molar-refractivity contribution < 1.29 is 17.9 Å². The molecule has 0 saturated heterocycles. The lowest BCUT2D eigenvalue weighted by molar-refractivity contribution is 0.198. The minimum Gasteiger partial charge on any atom is -0.383 e. The summed E-state index contributed by atoms with van der Waals surface area (Å²) < 4.78 is 32.3. The molecule has 0 aliphatic carbocycles. The van der Waals surface area contributed by atoms with Gasteiger partial charge in [-0.1, -0.05) is 18.2 Å². The molecule has 0 aromatic heterocycles. The Balaban J connectivity index is 1.80. The van der Waals surface area contributed by atoms with Gasteiger partial charge in [-0.3, -0.25) is 4.31 Å². The minimum atomic E-state index is -3.61. The van der Waals surface area contributed by atoms with Crippen molar-refractivity contribution in [3.8, 4) is 0 Å². The lowest BCUT2D eigenvalue weighted by Crippen LogP contribution is -2.35. The number of carbonyl (C=O) groups is 1. The van der Waals surface area contributed by atoms with Gasteiger partial charge < -0.3 is 15.4 Å². The van der Waals surface area contributed by atoms with Crippen LogP contribution in [-0.2, 0) is 21.2 Å². The van der Waals surface area contributed by atoms with E-state index in [1.54, 1.807) is 49.6 Å². The molecule has 7 nitrogen and oxygen atoms in total. The maximum absolute atomic E-state index is 13.0. The first-order chi connectivity index (χ1) is 13.0. The molecule has 0 unspecified atom stereocenters. The van der Waals surface area contributed by atoms with Crippen molar-refractivity contribution >= 4 is 27.4 Å². The molecule has 0 atom stereocenters. The number of aryl methyl sites for hydroxylation is 1. The molecular formula is C19H23N3O4S. The SMILES string of the molecule is COCCNC(=O)Nc1ccc2c(c1)CCCN2S(=O)(=O)c1ccccc1. The van der Waals surface area contributed by atoms with Gasteiger partial charge in [-0.05, 0) is 48.7 Å². The number of rotatable bonds is 6. The second kappa shape index (κ2) is 8.41. The number of benzene rings is 2. The van der Waals surface area contributed by atoms with Crippen molar-refractivity contribution in [1.82, 2.24) is 5.32 Å². The third kappa shape index (κ3) is 4.40. The van der Waals surface area contributed by atoms with Gasteiger partial charge in [-0.25, -0.2) is 13.2 Å². The molecule has 0 saturated carbocycles. The molecule has 2 aromatic carbocycles. The molecular weight excluding hydrogens is 366 g/mol.